The summed E-state index contributed by atoms with van der Waals surface area (Å²) in [6.45, 7) is 4.65. The molecule has 0 aliphatic carbocycles. The molecular formula is C13H16FNO3. The molecule has 0 bridgehead atoms. The van der Waals surface area contributed by atoms with Gasteiger partial charge in [0.2, 0.25) is 0 Å². The largest absolute Gasteiger partial charge is 0.480 e. The molecule has 5 heteroatoms. The Bertz CT molecular complexity index is 466. The Morgan fingerprint density at radius 3 is 2.28 bits per heavy atom. The molecule has 0 aromatic heterocycles. The first-order chi connectivity index (χ1) is 8.23. The lowest BCUT2D eigenvalue weighted by molar-refractivity contribution is -0.138. The molecule has 1 rings (SSSR count). The zero-order valence-electron chi connectivity index (χ0n) is 10.6. The molecule has 0 fully saturated rings. The Hall–Kier alpha value is -1.91. The van der Waals surface area contributed by atoms with E-state index in [0.29, 0.717) is 0 Å². The van der Waals surface area contributed by atoms with Crippen LogP contribution in [0.2, 0.25) is 0 Å². The lowest BCUT2D eigenvalue weighted by Crippen LogP contribution is -2.48. The number of rotatable bonds is 3. The van der Waals surface area contributed by atoms with E-state index in [9.17, 15) is 14.0 Å². The van der Waals surface area contributed by atoms with Crippen LogP contribution in [0, 0.1) is 5.82 Å². The summed E-state index contributed by atoms with van der Waals surface area (Å²) in [6, 6.07) is 5.54. The van der Waals surface area contributed by atoms with Gasteiger partial charge in [0.1, 0.15) is 12.4 Å². The van der Waals surface area contributed by atoms with Gasteiger partial charge in [0, 0.05) is 5.54 Å². The van der Waals surface area contributed by atoms with Gasteiger partial charge < -0.3 is 10.0 Å². The van der Waals surface area contributed by atoms with Crippen molar-refractivity contribution in [3.63, 3.8) is 0 Å². The van der Waals surface area contributed by atoms with Crippen molar-refractivity contribution in [3.05, 3.63) is 35.6 Å². The fourth-order valence-electron chi connectivity index (χ4n) is 1.53. The predicted molar refractivity (Wildman–Crippen MR) is 64.8 cm³/mol. The summed E-state index contributed by atoms with van der Waals surface area (Å²) in [6.07, 6.45) is 0. The first-order valence-corrected chi connectivity index (χ1v) is 5.52. The maximum absolute atomic E-state index is 13.5. The van der Waals surface area contributed by atoms with Crippen molar-refractivity contribution >= 4 is 11.9 Å². The Kier molecular flexibility index (Phi) is 4.06. The van der Waals surface area contributed by atoms with Crippen molar-refractivity contribution in [2.24, 2.45) is 0 Å². The molecule has 0 heterocycles. The maximum Gasteiger partial charge on any atom is 0.323 e. The smallest absolute Gasteiger partial charge is 0.323 e. The molecule has 1 N–H and O–H groups in total. The van der Waals surface area contributed by atoms with Crippen LogP contribution in [0.4, 0.5) is 4.39 Å². The van der Waals surface area contributed by atoms with Crippen LogP contribution >= 0.6 is 0 Å². The molecule has 0 saturated heterocycles. The molecule has 1 aromatic rings. The minimum Gasteiger partial charge on any atom is -0.480 e. The number of carbonyl (C=O) groups is 2. The average Bonchev–Trinajstić information content (AvgIpc) is 2.24. The van der Waals surface area contributed by atoms with E-state index in [0.717, 1.165) is 4.90 Å². The number of hydrogen-bond donors (Lipinski definition) is 1. The number of carboxylic acid groups (broad SMARTS) is 1. The van der Waals surface area contributed by atoms with Gasteiger partial charge in [-0.1, -0.05) is 12.1 Å². The van der Waals surface area contributed by atoms with E-state index in [1.807, 2.05) is 0 Å². The molecule has 0 spiro atoms. The van der Waals surface area contributed by atoms with Crippen LogP contribution in [-0.4, -0.2) is 34.0 Å². The van der Waals surface area contributed by atoms with E-state index in [1.165, 1.54) is 24.3 Å². The fraction of sp³-hybridized carbons (Fsp3) is 0.385. The SMILES string of the molecule is CC(C)(C)N(CC(=O)O)C(=O)c1ccccc1F. The number of carbonyl (C=O) groups excluding carboxylic acids is 1. The van der Waals surface area contributed by atoms with E-state index in [4.69, 9.17) is 5.11 Å². The van der Waals surface area contributed by atoms with Gasteiger partial charge in [-0.3, -0.25) is 9.59 Å². The van der Waals surface area contributed by atoms with Gasteiger partial charge in [-0.25, -0.2) is 4.39 Å². The van der Waals surface area contributed by atoms with Crippen LogP contribution in [0.5, 0.6) is 0 Å². The first kappa shape index (κ1) is 14.2. The summed E-state index contributed by atoms with van der Waals surface area (Å²) in [5.74, 6) is -2.40. The highest BCUT2D eigenvalue weighted by Gasteiger charge is 2.30. The van der Waals surface area contributed by atoms with Crippen molar-refractivity contribution < 1.29 is 19.1 Å². The van der Waals surface area contributed by atoms with Crippen molar-refractivity contribution in [1.29, 1.82) is 0 Å². The van der Waals surface area contributed by atoms with E-state index in [2.05, 4.69) is 0 Å². The third-order valence-corrected chi connectivity index (χ3v) is 2.45. The lowest BCUT2D eigenvalue weighted by atomic mass is 10.0. The summed E-state index contributed by atoms with van der Waals surface area (Å²) in [5.41, 5.74) is -0.814. The standard InChI is InChI=1S/C13H16FNO3/c1-13(2,3)15(8-11(16)17)12(18)9-6-4-5-7-10(9)14/h4-7H,8H2,1-3H3,(H,16,17). The van der Waals surface area contributed by atoms with Crippen LogP contribution in [0.25, 0.3) is 0 Å². The summed E-state index contributed by atoms with van der Waals surface area (Å²) >= 11 is 0. The second-order valence-corrected chi connectivity index (χ2v) is 4.94. The van der Waals surface area contributed by atoms with E-state index < -0.39 is 29.8 Å². The molecule has 0 aliphatic heterocycles. The van der Waals surface area contributed by atoms with Gasteiger partial charge in [0.15, 0.2) is 0 Å². The predicted octanol–water partition coefficient (Wildman–Crippen LogP) is 2.15. The minimum atomic E-state index is -1.13. The highest BCUT2D eigenvalue weighted by molar-refractivity contribution is 5.96. The molecule has 4 nitrogen and oxygen atoms in total. The number of benzene rings is 1. The normalized spacial score (nSPS) is 11.1. The fourth-order valence-corrected chi connectivity index (χ4v) is 1.53. The monoisotopic (exact) mass is 253 g/mol. The molecule has 0 aliphatic rings. The summed E-state index contributed by atoms with van der Waals surface area (Å²) in [5, 5.41) is 8.82. The quantitative estimate of drug-likeness (QED) is 0.898. The number of amides is 1. The molecular weight excluding hydrogens is 237 g/mol. The Morgan fingerprint density at radius 2 is 1.83 bits per heavy atom. The van der Waals surface area contributed by atoms with Gasteiger partial charge >= 0.3 is 5.97 Å². The van der Waals surface area contributed by atoms with Gasteiger partial charge in [0.05, 0.1) is 5.56 Å². The molecule has 1 aromatic carbocycles. The topological polar surface area (TPSA) is 57.6 Å². The van der Waals surface area contributed by atoms with Crippen LogP contribution in [0.3, 0.4) is 0 Å². The summed E-state index contributed by atoms with van der Waals surface area (Å²) in [4.78, 5) is 24.1. The minimum absolute atomic E-state index is 0.117. The third-order valence-electron chi connectivity index (χ3n) is 2.45. The molecule has 98 valence electrons. The van der Waals surface area contributed by atoms with Gasteiger partial charge in [0.25, 0.3) is 5.91 Å². The molecule has 0 atom stereocenters. The number of halogens is 1. The zero-order chi connectivity index (χ0) is 13.9. The molecule has 0 radical (unpaired) electrons. The number of nitrogens with zero attached hydrogens (tertiary/aromatic N) is 1. The zero-order valence-corrected chi connectivity index (χ0v) is 10.6. The molecule has 18 heavy (non-hydrogen) atoms. The Labute approximate surface area is 105 Å². The van der Waals surface area contributed by atoms with E-state index in [-0.39, 0.29) is 5.56 Å². The number of hydrogen-bond acceptors (Lipinski definition) is 2. The highest BCUT2D eigenvalue weighted by atomic mass is 19.1. The Morgan fingerprint density at radius 1 is 1.28 bits per heavy atom. The number of aliphatic carboxylic acids is 1. The highest BCUT2D eigenvalue weighted by Crippen LogP contribution is 2.18. The lowest BCUT2D eigenvalue weighted by Gasteiger charge is -2.34. The van der Waals surface area contributed by atoms with Crippen molar-refractivity contribution in [1.82, 2.24) is 4.90 Å². The second-order valence-electron chi connectivity index (χ2n) is 4.94. The maximum atomic E-state index is 13.5. The Balaban J connectivity index is 3.11. The van der Waals surface area contributed by atoms with Crippen LogP contribution in [-0.2, 0) is 4.79 Å². The van der Waals surface area contributed by atoms with Gasteiger partial charge in [-0.05, 0) is 32.9 Å². The number of carboxylic acids is 1. The van der Waals surface area contributed by atoms with Crippen molar-refractivity contribution in [3.8, 4) is 0 Å². The second kappa shape index (κ2) is 5.16. The molecule has 1 amide bonds. The van der Waals surface area contributed by atoms with E-state index >= 15 is 0 Å². The molecule has 0 unspecified atom stereocenters. The van der Waals surface area contributed by atoms with Gasteiger partial charge in [-0.2, -0.15) is 0 Å². The first-order valence-electron chi connectivity index (χ1n) is 5.52. The van der Waals surface area contributed by atoms with Crippen molar-refractivity contribution in [2.45, 2.75) is 26.3 Å². The third kappa shape index (κ3) is 3.29. The summed E-state index contributed by atoms with van der Waals surface area (Å²) < 4.78 is 13.5. The van der Waals surface area contributed by atoms with E-state index in [1.54, 1.807) is 20.8 Å². The van der Waals surface area contributed by atoms with Crippen molar-refractivity contribution in [2.75, 3.05) is 6.54 Å². The van der Waals surface area contributed by atoms with Crippen LogP contribution < -0.4 is 0 Å². The van der Waals surface area contributed by atoms with Gasteiger partial charge in [-0.15, -0.1) is 0 Å². The molecule has 0 saturated carbocycles. The van der Waals surface area contributed by atoms with Crippen LogP contribution in [0.15, 0.2) is 24.3 Å². The average molecular weight is 253 g/mol. The summed E-state index contributed by atoms with van der Waals surface area (Å²) in [7, 11) is 0. The van der Waals surface area contributed by atoms with Crippen LogP contribution in [0.1, 0.15) is 31.1 Å².